The Bertz CT molecular complexity index is 816. The van der Waals surface area contributed by atoms with Gasteiger partial charge in [-0.2, -0.15) is 0 Å². The highest BCUT2D eigenvalue weighted by molar-refractivity contribution is 5.96. The van der Waals surface area contributed by atoms with Gasteiger partial charge in [-0.05, 0) is 92.4 Å². The number of ether oxygens (including phenoxy) is 1. The number of nitrogens with zero attached hydrogens (tertiary/aromatic N) is 1. The van der Waals surface area contributed by atoms with Gasteiger partial charge in [0.05, 0.1) is 5.71 Å². The quantitative estimate of drug-likeness (QED) is 0.397. The maximum atomic E-state index is 12.1. The molecule has 0 aromatic heterocycles. The first-order chi connectivity index (χ1) is 13.1. The summed E-state index contributed by atoms with van der Waals surface area (Å²) in [4.78, 5) is 12.1. The van der Waals surface area contributed by atoms with E-state index >= 15 is 0 Å². The average Bonchev–Trinajstić information content (AvgIpc) is 3.58. The lowest BCUT2D eigenvalue weighted by atomic mass is 9.49. The van der Waals surface area contributed by atoms with Crippen LogP contribution in [0.2, 0.25) is 0 Å². The molecule has 1 saturated heterocycles. The van der Waals surface area contributed by atoms with Gasteiger partial charge in [0.1, 0.15) is 5.60 Å². The molecule has 144 valence electrons. The molecule has 1 spiro atoms. The number of rotatable bonds is 0. The van der Waals surface area contributed by atoms with Crippen LogP contribution in [-0.2, 0) is 9.53 Å². The minimum Gasteiger partial charge on any atom is -0.458 e. The fourth-order valence-electron chi connectivity index (χ4n) is 9.44. The van der Waals surface area contributed by atoms with Crippen molar-refractivity contribution in [3.63, 3.8) is 0 Å². The molecule has 10 atom stereocenters. The van der Waals surface area contributed by atoms with Crippen LogP contribution in [0.4, 0.5) is 0 Å². The third kappa shape index (κ3) is 1.65. The van der Waals surface area contributed by atoms with Crippen molar-refractivity contribution >= 4 is 11.7 Å². The SMILES string of the molecule is C[C@]12CCC3C(C4CC4C4=C/C(=N/O)CC[C@@H]43)C1[C@H]1C[C@H]1[C@@]21CCC(=O)O1. The van der Waals surface area contributed by atoms with Crippen molar-refractivity contribution < 1.29 is 14.7 Å². The van der Waals surface area contributed by atoms with Gasteiger partial charge in [-0.1, -0.05) is 17.7 Å². The molecule has 6 aliphatic carbocycles. The third-order valence-electron chi connectivity index (χ3n) is 10.4. The van der Waals surface area contributed by atoms with E-state index in [1.54, 1.807) is 5.57 Å². The lowest BCUT2D eigenvalue weighted by molar-refractivity contribution is -0.174. The second kappa shape index (κ2) is 4.63. The van der Waals surface area contributed by atoms with Gasteiger partial charge in [0.2, 0.25) is 0 Å². The van der Waals surface area contributed by atoms with Crippen LogP contribution in [0.3, 0.4) is 0 Å². The van der Waals surface area contributed by atoms with E-state index < -0.39 is 0 Å². The van der Waals surface area contributed by atoms with Crippen molar-refractivity contribution in [1.82, 2.24) is 0 Å². The zero-order chi connectivity index (χ0) is 18.1. The molecular weight excluding hydrogens is 338 g/mol. The molecule has 4 nitrogen and oxygen atoms in total. The Balaban J connectivity index is 1.29. The standard InChI is InChI=1S/C23H29NO3/c1-22-6-4-13-12-3-2-11(24-26)8-14(12)15-9-16(15)20(13)21(22)17-10-18(17)23(22)7-5-19(25)27-23/h8,12-13,15-18,20-21,26H,2-7,9-10H2,1H3/b24-11+/t12-,13?,15?,16?,17+,18-,20?,21?,22+,23+/m1/s1. The van der Waals surface area contributed by atoms with E-state index in [0.717, 1.165) is 54.1 Å². The monoisotopic (exact) mass is 367 g/mol. The largest absolute Gasteiger partial charge is 0.458 e. The molecule has 0 aromatic rings. The lowest BCUT2D eigenvalue weighted by Crippen LogP contribution is -2.55. The maximum Gasteiger partial charge on any atom is 0.306 e. The summed E-state index contributed by atoms with van der Waals surface area (Å²) < 4.78 is 6.21. The van der Waals surface area contributed by atoms with Gasteiger partial charge < -0.3 is 9.94 Å². The van der Waals surface area contributed by atoms with Crippen LogP contribution >= 0.6 is 0 Å². The van der Waals surface area contributed by atoms with E-state index in [4.69, 9.17) is 4.74 Å². The van der Waals surface area contributed by atoms with Crippen LogP contribution in [0.25, 0.3) is 0 Å². The maximum absolute atomic E-state index is 12.1. The van der Waals surface area contributed by atoms with Crippen LogP contribution in [0.1, 0.15) is 58.3 Å². The van der Waals surface area contributed by atoms with E-state index in [1.807, 2.05) is 0 Å². The van der Waals surface area contributed by atoms with Crippen LogP contribution in [0.15, 0.2) is 16.8 Å². The van der Waals surface area contributed by atoms with Crippen molar-refractivity contribution in [2.75, 3.05) is 0 Å². The number of allylic oxidation sites excluding steroid dienone is 2. The third-order valence-corrected chi connectivity index (χ3v) is 10.4. The first kappa shape index (κ1) is 15.6. The number of oxime groups is 1. The molecular formula is C23H29NO3. The topological polar surface area (TPSA) is 58.9 Å². The summed E-state index contributed by atoms with van der Waals surface area (Å²) in [6, 6.07) is 0. The Kier molecular flexibility index (Phi) is 2.67. The first-order valence-corrected chi connectivity index (χ1v) is 11.2. The minimum atomic E-state index is -0.117. The van der Waals surface area contributed by atoms with E-state index in [-0.39, 0.29) is 17.0 Å². The van der Waals surface area contributed by atoms with E-state index in [1.165, 1.54) is 32.1 Å². The van der Waals surface area contributed by atoms with Crippen LogP contribution in [-0.4, -0.2) is 22.5 Å². The van der Waals surface area contributed by atoms with E-state index in [2.05, 4.69) is 18.2 Å². The predicted octanol–water partition coefficient (Wildman–Crippen LogP) is 4.18. The molecule has 5 saturated carbocycles. The van der Waals surface area contributed by atoms with Crippen LogP contribution in [0.5, 0.6) is 0 Å². The normalized spacial score (nSPS) is 60.7. The van der Waals surface area contributed by atoms with Gasteiger partial charge >= 0.3 is 5.97 Å². The summed E-state index contributed by atoms with van der Waals surface area (Å²) in [7, 11) is 0. The summed E-state index contributed by atoms with van der Waals surface area (Å²) in [6.07, 6.45) is 11.2. The lowest BCUT2D eigenvalue weighted by Gasteiger charge is -2.57. The number of hydrogen-bond acceptors (Lipinski definition) is 4. The zero-order valence-electron chi connectivity index (χ0n) is 16.1. The van der Waals surface area contributed by atoms with Gasteiger partial charge in [0.25, 0.3) is 0 Å². The Labute approximate surface area is 160 Å². The summed E-state index contributed by atoms with van der Waals surface area (Å²) >= 11 is 0. The van der Waals surface area contributed by atoms with Crippen LogP contribution in [0, 0.1) is 52.8 Å². The molecule has 0 radical (unpaired) electrons. The number of carbonyl (C=O) groups is 1. The summed E-state index contributed by atoms with van der Waals surface area (Å²) in [5.41, 5.74) is 2.62. The molecule has 1 N–H and O–H groups in total. The fraction of sp³-hybridized carbons (Fsp3) is 0.826. The Morgan fingerprint density at radius 1 is 1.11 bits per heavy atom. The minimum absolute atomic E-state index is 0.0610. The first-order valence-electron chi connectivity index (χ1n) is 11.2. The van der Waals surface area contributed by atoms with Crippen molar-refractivity contribution in [3.8, 4) is 0 Å². The molecule has 0 aromatic carbocycles. The molecule has 7 aliphatic rings. The highest BCUT2D eigenvalue weighted by Gasteiger charge is 2.80. The highest BCUT2D eigenvalue weighted by Crippen LogP contribution is 2.81. The molecule has 0 amide bonds. The molecule has 5 unspecified atom stereocenters. The van der Waals surface area contributed by atoms with Gasteiger partial charge in [0, 0.05) is 17.8 Å². The van der Waals surface area contributed by atoms with Crippen LogP contribution < -0.4 is 0 Å². The second-order valence-electron chi connectivity index (χ2n) is 11.0. The Hall–Kier alpha value is -1.32. The molecule has 6 fully saturated rings. The predicted molar refractivity (Wildman–Crippen MR) is 99.1 cm³/mol. The fourth-order valence-corrected chi connectivity index (χ4v) is 9.44. The molecule has 0 bridgehead atoms. The van der Waals surface area contributed by atoms with Gasteiger partial charge in [-0.25, -0.2) is 0 Å². The highest BCUT2D eigenvalue weighted by atomic mass is 16.6. The smallest absolute Gasteiger partial charge is 0.306 e. The number of fused-ring (bicyclic) bond motifs is 12. The Morgan fingerprint density at radius 2 is 2.00 bits per heavy atom. The molecule has 27 heavy (non-hydrogen) atoms. The van der Waals surface area contributed by atoms with Crippen molar-refractivity contribution in [3.05, 3.63) is 11.6 Å². The van der Waals surface area contributed by atoms with Crippen molar-refractivity contribution in [2.24, 2.45) is 57.9 Å². The summed E-state index contributed by atoms with van der Waals surface area (Å²) in [6.45, 7) is 2.50. The number of esters is 1. The van der Waals surface area contributed by atoms with Gasteiger partial charge in [0.15, 0.2) is 0 Å². The molecule has 1 heterocycles. The van der Waals surface area contributed by atoms with Crippen molar-refractivity contribution in [2.45, 2.75) is 63.9 Å². The summed E-state index contributed by atoms with van der Waals surface area (Å²) in [5, 5.41) is 12.8. The second-order valence-corrected chi connectivity index (χ2v) is 11.0. The Morgan fingerprint density at radius 3 is 2.78 bits per heavy atom. The van der Waals surface area contributed by atoms with Gasteiger partial charge in [-0.3, -0.25) is 4.79 Å². The van der Waals surface area contributed by atoms with E-state index in [0.29, 0.717) is 18.3 Å². The number of carbonyl (C=O) groups excluding carboxylic acids is 1. The van der Waals surface area contributed by atoms with E-state index in [9.17, 15) is 10.0 Å². The average molecular weight is 367 g/mol. The number of hydrogen-bond donors (Lipinski definition) is 1. The summed E-state index contributed by atoms with van der Waals surface area (Å²) in [5.74, 6) is 6.27. The van der Waals surface area contributed by atoms with Crippen molar-refractivity contribution in [1.29, 1.82) is 0 Å². The van der Waals surface area contributed by atoms with Gasteiger partial charge in [-0.15, -0.1) is 0 Å². The molecule has 7 rings (SSSR count). The molecule has 1 aliphatic heterocycles. The molecule has 4 heteroatoms. The zero-order valence-corrected chi connectivity index (χ0v) is 16.1.